The summed E-state index contributed by atoms with van der Waals surface area (Å²) in [6.07, 6.45) is 5.33. The lowest BCUT2D eigenvalue weighted by molar-refractivity contribution is 0.0979. The second-order valence-corrected chi connectivity index (χ2v) is 8.04. The first kappa shape index (κ1) is 19.2. The van der Waals surface area contributed by atoms with Gasteiger partial charge in [-0.3, -0.25) is 19.1 Å². The smallest absolute Gasteiger partial charge is 0.279 e. The van der Waals surface area contributed by atoms with Crippen molar-refractivity contribution in [2.24, 2.45) is 0 Å². The van der Waals surface area contributed by atoms with E-state index in [4.69, 9.17) is 9.72 Å². The van der Waals surface area contributed by atoms with Crippen LogP contribution in [0, 0.1) is 6.92 Å². The minimum atomic E-state index is -0.168. The molecular formula is C23H19N5O2S. The van der Waals surface area contributed by atoms with Gasteiger partial charge < -0.3 is 4.74 Å². The Morgan fingerprint density at radius 1 is 1.13 bits per heavy atom. The van der Waals surface area contributed by atoms with E-state index < -0.39 is 0 Å². The minimum Gasteiger partial charge on any atom is -0.494 e. The van der Waals surface area contributed by atoms with Crippen LogP contribution in [-0.2, 0) is 6.54 Å². The maximum atomic E-state index is 13.9. The molecule has 0 aliphatic rings. The summed E-state index contributed by atoms with van der Waals surface area (Å²) in [5, 5.41) is 0.596. The Morgan fingerprint density at radius 2 is 2.03 bits per heavy atom. The van der Waals surface area contributed by atoms with Gasteiger partial charge in [0, 0.05) is 18.6 Å². The molecule has 5 rings (SSSR count). The first-order valence-corrected chi connectivity index (χ1v) is 10.6. The third-order valence-electron chi connectivity index (χ3n) is 5.04. The van der Waals surface area contributed by atoms with Gasteiger partial charge >= 0.3 is 0 Å². The van der Waals surface area contributed by atoms with E-state index in [0.717, 1.165) is 21.4 Å². The van der Waals surface area contributed by atoms with Crippen LogP contribution in [0.1, 0.15) is 21.7 Å². The third kappa shape index (κ3) is 3.40. The number of anilines is 1. The van der Waals surface area contributed by atoms with Crippen molar-refractivity contribution in [2.75, 3.05) is 12.0 Å². The van der Waals surface area contributed by atoms with Crippen molar-refractivity contribution in [1.82, 2.24) is 19.4 Å². The Kier molecular flexibility index (Phi) is 4.83. The summed E-state index contributed by atoms with van der Waals surface area (Å²) >= 11 is 1.45. The fourth-order valence-electron chi connectivity index (χ4n) is 3.59. The Hall–Kier alpha value is -3.78. The maximum absolute atomic E-state index is 13.9. The predicted octanol–water partition coefficient (Wildman–Crippen LogP) is 4.50. The normalized spacial score (nSPS) is 11.2. The van der Waals surface area contributed by atoms with Gasteiger partial charge in [0.15, 0.2) is 5.13 Å². The molecule has 4 aromatic heterocycles. The minimum absolute atomic E-state index is 0.168. The molecule has 0 saturated heterocycles. The molecule has 0 atom stereocenters. The number of aromatic nitrogens is 4. The zero-order valence-corrected chi connectivity index (χ0v) is 17.8. The molecule has 4 heterocycles. The van der Waals surface area contributed by atoms with Gasteiger partial charge in [-0.25, -0.2) is 9.97 Å². The van der Waals surface area contributed by atoms with Crippen molar-refractivity contribution in [1.29, 1.82) is 0 Å². The average molecular weight is 430 g/mol. The molecule has 154 valence electrons. The number of rotatable bonds is 5. The van der Waals surface area contributed by atoms with Crippen LogP contribution in [0.2, 0.25) is 0 Å². The van der Waals surface area contributed by atoms with Crippen LogP contribution in [0.3, 0.4) is 0 Å². The number of benzene rings is 1. The number of ether oxygens (including phenoxy) is 1. The molecule has 0 fully saturated rings. The summed E-state index contributed by atoms with van der Waals surface area (Å²) in [6.45, 7) is 2.19. The van der Waals surface area contributed by atoms with Gasteiger partial charge in [-0.15, -0.1) is 0 Å². The molecule has 0 saturated carbocycles. The molecular weight excluding hydrogens is 410 g/mol. The van der Waals surface area contributed by atoms with E-state index >= 15 is 0 Å². The topological polar surface area (TPSA) is 72.6 Å². The van der Waals surface area contributed by atoms with Crippen LogP contribution < -0.4 is 9.64 Å². The highest BCUT2D eigenvalue weighted by Crippen LogP contribution is 2.35. The third-order valence-corrected chi connectivity index (χ3v) is 6.08. The second-order valence-electron chi connectivity index (χ2n) is 7.03. The van der Waals surface area contributed by atoms with Gasteiger partial charge in [-0.1, -0.05) is 29.5 Å². The van der Waals surface area contributed by atoms with E-state index in [9.17, 15) is 4.79 Å². The molecule has 8 heteroatoms. The van der Waals surface area contributed by atoms with Gasteiger partial charge in [0.25, 0.3) is 5.91 Å². The van der Waals surface area contributed by atoms with E-state index in [1.54, 1.807) is 24.4 Å². The van der Waals surface area contributed by atoms with Crippen LogP contribution in [0.4, 0.5) is 5.13 Å². The molecule has 0 unspecified atom stereocenters. The lowest BCUT2D eigenvalue weighted by atomic mass is 10.2. The highest BCUT2D eigenvalue weighted by molar-refractivity contribution is 7.22. The zero-order chi connectivity index (χ0) is 21.4. The number of methoxy groups -OCH3 is 1. The van der Waals surface area contributed by atoms with Gasteiger partial charge in [0.1, 0.15) is 22.6 Å². The second kappa shape index (κ2) is 7.81. The number of hydrogen-bond donors (Lipinski definition) is 0. The van der Waals surface area contributed by atoms with E-state index in [2.05, 4.69) is 9.97 Å². The molecule has 31 heavy (non-hydrogen) atoms. The number of hydrogen-bond acceptors (Lipinski definition) is 6. The average Bonchev–Trinajstić information content (AvgIpc) is 3.37. The van der Waals surface area contributed by atoms with Crippen molar-refractivity contribution in [3.63, 3.8) is 0 Å². The molecule has 1 aromatic carbocycles. The van der Waals surface area contributed by atoms with Gasteiger partial charge in [-0.05, 0) is 42.8 Å². The number of carbonyl (C=O) groups excluding carboxylic acids is 1. The SMILES string of the molecule is COc1cccc2sc(N(Cc3cccnc3)C(=O)c3c(C)nc4ccccn34)nc12. The molecule has 7 nitrogen and oxygen atoms in total. The predicted molar refractivity (Wildman–Crippen MR) is 121 cm³/mol. The summed E-state index contributed by atoms with van der Waals surface area (Å²) < 4.78 is 8.24. The Bertz CT molecular complexity index is 1390. The molecule has 0 N–H and O–H groups in total. The number of thiazole rings is 1. The summed E-state index contributed by atoms with van der Waals surface area (Å²) in [6, 6.07) is 15.3. The highest BCUT2D eigenvalue weighted by Gasteiger charge is 2.27. The van der Waals surface area contributed by atoms with E-state index in [0.29, 0.717) is 28.8 Å². The van der Waals surface area contributed by atoms with Gasteiger partial charge in [0.2, 0.25) is 0 Å². The standard InChI is InChI=1S/C23H19N5O2S/c1-15-21(27-12-4-3-10-19(27)25-15)22(29)28(14-16-7-6-11-24-13-16)23-26-20-17(30-2)8-5-9-18(20)31-23/h3-13H,14H2,1-2H3. The van der Waals surface area contributed by atoms with Crippen LogP contribution in [-0.4, -0.2) is 32.4 Å². The number of amides is 1. The van der Waals surface area contributed by atoms with E-state index in [1.807, 2.05) is 66.1 Å². The van der Waals surface area contributed by atoms with Crippen molar-refractivity contribution in [2.45, 2.75) is 13.5 Å². The molecule has 1 amide bonds. The highest BCUT2D eigenvalue weighted by atomic mass is 32.1. The van der Waals surface area contributed by atoms with Crippen LogP contribution in [0.5, 0.6) is 5.75 Å². The summed E-state index contributed by atoms with van der Waals surface area (Å²) in [5.41, 5.74) is 3.57. The number of para-hydroxylation sites is 1. The number of imidazole rings is 1. The lowest BCUT2D eigenvalue weighted by Gasteiger charge is -2.20. The number of aryl methyl sites for hydroxylation is 1. The zero-order valence-electron chi connectivity index (χ0n) is 17.0. The van der Waals surface area contributed by atoms with E-state index in [-0.39, 0.29) is 5.91 Å². The number of nitrogens with zero attached hydrogens (tertiary/aromatic N) is 5. The summed E-state index contributed by atoms with van der Waals surface area (Å²) in [4.78, 5) is 29.1. The Labute approximate surface area is 182 Å². The molecule has 0 bridgehead atoms. The van der Waals surface area contributed by atoms with Crippen LogP contribution >= 0.6 is 11.3 Å². The molecule has 0 aliphatic heterocycles. The Balaban J connectivity index is 1.66. The molecule has 5 aromatic rings. The molecule has 0 spiro atoms. The van der Waals surface area contributed by atoms with Crippen molar-refractivity contribution >= 4 is 38.2 Å². The molecule has 0 radical (unpaired) electrons. The van der Waals surface area contributed by atoms with Crippen molar-refractivity contribution in [3.8, 4) is 5.75 Å². The van der Waals surface area contributed by atoms with Gasteiger partial charge in [-0.2, -0.15) is 0 Å². The van der Waals surface area contributed by atoms with E-state index in [1.165, 1.54) is 11.3 Å². The maximum Gasteiger partial charge on any atom is 0.279 e. The Morgan fingerprint density at radius 3 is 2.84 bits per heavy atom. The summed E-state index contributed by atoms with van der Waals surface area (Å²) in [5.74, 6) is 0.512. The fraction of sp³-hybridized carbons (Fsp3) is 0.130. The number of pyridine rings is 2. The number of fused-ring (bicyclic) bond motifs is 2. The van der Waals surface area contributed by atoms with Crippen molar-refractivity contribution < 1.29 is 9.53 Å². The monoisotopic (exact) mass is 429 g/mol. The molecule has 0 aliphatic carbocycles. The lowest BCUT2D eigenvalue weighted by Crippen LogP contribution is -2.31. The first-order valence-electron chi connectivity index (χ1n) is 9.73. The first-order chi connectivity index (χ1) is 15.2. The van der Waals surface area contributed by atoms with Gasteiger partial charge in [0.05, 0.1) is 24.0 Å². The van der Waals surface area contributed by atoms with Crippen LogP contribution in [0.25, 0.3) is 15.9 Å². The fourth-order valence-corrected chi connectivity index (χ4v) is 4.57. The quantitative estimate of drug-likeness (QED) is 0.411. The summed E-state index contributed by atoms with van der Waals surface area (Å²) in [7, 11) is 1.62. The largest absolute Gasteiger partial charge is 0.494 e. The number of carbonyl (C=O) groups is 1. The van der Waals surface area contributed by atoms with Crippen LogP contribution in [0.15, 0.2) is 67.1 Å². The van der Waals surface area contributed by atoms with Crippen molar-refractivity contribution in [3.05, 3.63) is 84.1 Å².